The average molecular weight is 702 g/mol. The summed E-state index contributed by atoms with van der Waals surface area (Å²) in [5.41, 5.74) is 5.72. The van der Waals surface area contributed by atoms with Gasteiger partial charge in [0.15, 0.2) is 0 Å². The van der Waals surface area contributed by atoms with E-state index in [1.165, 1.54) is 4.40 Å². The molecule has 0 aliphatic carbocycles. The standard InChI is InChI=1S/C36H34Cl2N6O5/c1-49-34-30(19-43-15-21(16-43)20-45)39-14-29(41-34)28-7-3-6-27(33(28)38)26-5-2-4-25(32(26)37)22-9-11-44-31(12-22)40-13-24(35(44)46)18-42-10-8-23(17-42)36(47)48/h2-7,9,11-14,21,23,45H,8,10,15-20H2,1H3,(H,47,48)/t23-/m0/s1. The molecular formula is C36H34Cl2N6O5. The number of ether oxygens (including phenoxy) is 1. The van der Waals surface area contributed by atoms with E-state index in [2.05, 4.69) is 14.9 Å². The van der Waals surface area contributed by atoms with Crippen LogP contribution in [0.5, 0.6) is 5.88 Å². The summed E-state index contributed by atoms with van der Waals surface area (Å²) in [6.07, 6.45) is 5.52. The van der Waals surface area contributed by atoms with Crippen molar-refractivity contribution < 1.29 is 19.7 Å². The molecular weight excluding hydrogens is 667 g/mol. The second-order valence-corrected chi connectivity index (χ2v) is 13.3. The first kappa shape index (κ1) is 33.1. The van der Waals surface area contributed by atoms with Crippen molar-refractivity contribution in [3.8, 4) is 39.4 Å². The highest BCUT2D eigenvalue weighted by Crippen LogP contribution is 2.42. The van der Waals surface area contributed by atoms with E-state index in [1.807, 2.05) is 53.4 Å². The minimum Gasteiger partial charge on any atom is -0.481 e. The van der Waals surface area contributed by atoms with Crippen LogP contribution in [0.3, 0.4) is 0 Å². The summed E-state index contributed by atoms with van der Waals surface area (Å²) in [6.45, 7) is 3.77. The van der Waals surface area contributed by atoms with Crippen LogP contribution in [0.1, 0.15) is 17.7 Å². The largest absolute Gasteiger partial charge is 0.481 e. The highest BCUT2D eigenvalue weighted by molar-refractivity contribution is 6.39. The van der Waals surface area contributed by atoms with Gasteiger partial charge in [-0.1, -0.05) is 59.6 Å². The number of rotatable bonds is 10. The first-order valence-electron chi connectivity index (χ1n) is 16.0. The Morgan fingerprint density at radius 3 is 2.35 bits per heavy atom. The molecule has 2 aliphatic heterocycles. The molecule has 0 spiro atoms. The van der Waals surface area contributed by atoms with Crippen LogP contribution in [0.2, 0.25) is 10.0 Å². The number of carboxylic acids is 1. The van der Waals surface area contributed by atoms with Crippen LogP contribution in [0.4, 0.5) is 0 Å². The fraction of sp³-hybridized carbons (Fsp3) is 0.306. The summed E-state index contributed by atoms with van der Waals surface area (Å²) < 4.78 is 7.09. The predicted octanol–water partition coefficient (Wildman–Crippen LogP) is 5.13. The number of carboxylic acid groups (broad SMARTS) is 1. The number of methoxy groups -OCH3 is 1. The Labute approximate surface area is 292 Å². The van der Waals surface area contributed by atoms with Gasteiger partial charge in [0.05, 0.1) is 40.5 Å². The monoisotopic (exact) mass is 700 g/mol. The highest BCUT2D eigenvalue weighted by Gasteiger charge is 2.29. The lowest BCUT2D eigenvalue weighted by Crippen LogP contribution is -2.47. The third-order valence-corrected chi connectivity index (χ3v) is 10.2. The fourth-order valence-corrected chi connectivity index (χ4v) is 7.30. The topological polar surface area (TPSA) is 133 Å². The Morgan fingerprint density at radius 1 is 0.939 bits per heavy atom. The van der Waals surface area contributed by atoms with E-state index in [-0.39, 0.29) is 12.2 Å². The molecule has 252 valence electrons. The van der Waals surface area contributed by atoms with E-state index in [0.717, 1.165) is 41.0 Å². The van der Waals surface area contributed by atoms with Crippen molar-refractivity contribution in [2.75, 3.05) is 39.9 Å². The maximum Gasteiger partial charge on any atom is 0.307 e. The minimum absolute atomic E-state index is 0.181. The summed E-state index contributed by atoms with van der Waals surface area (Å²) in [4.78, 5) is 42.8. The maximum absolute atomic E-state index is 13.3. The first-order chi connectivity index (χ1) is 23.7. The predicted molar refractivity (Wildman–Crippen MR) is 187 cm³/mol. The van der Waals surface area contributed by atoms with Gasteiger partial charge in [-0.25, -0.2) is 9.97 Å². The van der Waals surface area contributed by atoms with Crippen molar-refractivity contribution in [3.63, 3.8) is 0 Å². The maximum atomic E-state index is 13.3. The Balaban J connectivity index is 1.16. The van der Waals surface area contributed by atoms with Crippen molar-refractivity contribution in [2.24, 2.45) is 11.8 Å². The van der Waals surface area contributed by atoms with Crippen LogP contribution in [0.25, 0.3) is 39.2 Å². The number of likely N-dealkylation sites (tertiary alicyclic amines) is 2. The van der Waals surface area contributed by atoms with E-state index >= 15 is 0 Å². The Bertz CT molecular complexity index is 2120. The van der Waals surface area contributed by atoms with Gasteiger partial charge in [-0.3, -0.25) is 28.8 Å². The molecule has 2 N–H and O–H groups in total. The second-order valence-electron chi connectivity index (χ2n) is 12.6. The average Bonchev–Trinajstić information content (AvgIpc) is 3.57. The molecule has 11 nitrogen and oxygen atoms in total. The molecule has 0 radical (unpaired) electrons. The number of nitrogens with zero attached hydrogens (tertiary/aromatic N) is 6. The van der Waals surface area contributed by atoms with E-state index in [4.69, 9.17) is 32.9 Å². The van der Waals surface area contributed by atoms with E-state index in [1.54, 1.807) is 25.7 Å². The molecule has 0 unspecified atom stereocenters. The lowest BCUT2D eigenvalue weighted by atomic mass is 9.97. The number of aromatic nitrogens is 4. The SMILES string of the molecule is COc1nc(-c2cccc(-c3cccc(-c4ccn5c(=O)c(CN6CC[C@H](C(=O)O)C6)cnc5c4)c3Cl)c2Cl)cnc1CN1CC(CO)C1. The lowest BCUT2D eigenvalue weighted by molar-refractivity contribution is -0.141. The van der Waals surface area contributed by atoms with Crippen molar-refractivity contribution in [3.05, 3.63) is 98.8 Å². The van der Waals surface area contributed by atoms with Gasteiger partial charge < -0.3 is 14.9 Å². The van der Waals surface area contributed by atoms with Crippen molar-refractivity contribution in [1.29, 1.82) is 0 Å². The molecule has 5 aromatic rings. The molecule has 3 aromatic heterocycles. The smallest absolute Gasteiger partial charge is 0.307 e. The molecule has 7 rings (SSSR count). The zero-order valence-corrected chi connectivity index (χ0v) is 28.2. The van der Waals surface area contributed by atoms with Crippen LogP contribution in [0.15, 0.2) is 71.9 Å². The number of aliphatic hydroxyl groups excluding tert-OH is 1. The summed E-state index contributed by atoms with van der Waals surface area (Å²) in [6, 6.07) is 15.0. The molecule has 2 aliphatic rings. The molecule has 13 heteroatoms. The number of hydrogen-bond acceptors (Lipinski definition) is 9. The normalized spacial score (nSPS) is 17.0. The number of aliphatic carboxylic acids is 1. The zero-order chi connectivity index (χ0) is 34.2. The summed E-state index contributed by atoms with van der Waals surface area (Å²) in [5, 5.41) is 19.6. The molecule has 0 amide bonds. The van der Waals surface area contributed by atoms with Crippen LogP contribution in [-0.2, 0) is 17.9 Å². The first-order valence-corrected chi connectivity index (χ1v) is 16.8. The van der Waals surface area contributed by atoms with Gasteiger partial charge in [0, 0.05) is 79.9 Å². The minimum atomic E-state index is -0.808. The summed E-state index contributed by atoms with van der Waals surface area (Å²) >= 11 is 14.1. The number of halogens is 2. The van der Waals surface area contributed by atoms with Crippen molar-refractivity contribution in [2.45, 2.75) is 19.5 Å². The van der Waals surface area contributed by atoms with Gasteiger partial charge in [0.2, 0.25) is 5.88 Å². The van der Waals surface area contributed by atoms with Gasteiger partial charge in [-0.15, -0.1) is 0 Å². The van der Waals surface area contributed by atoms with E-state index in [0.29, 0.717) is 76.9 Å². The van der Waals surface area contributed by atoms with E-state index in [9.17, 15) is 19.8 Å². The fourth-order valence-electron chi connectivity index (χ4n) is 6.64. The Morgan fingerprint density at radius 2 is 1.65 bits per heavy atom. The van der Waals surface area contributed by atoms with Gasteiger partial charge in [-0.05, 0) is 30.7 Å². The third-order valence-electron chi connectivity index (χ3n) is 9.34. The second kappa shape index (κ2) is 13.9. The molecule has 0 bridgehead atoms. The molecule has 1 atom stereocenters. The quantitative estimate of drug-likeness (QED) is 0.202. The lowest BCUT2D eigenvalue weighted by Gasteiger charge is -2.37. The van der Waals surface area contributed by atoms with Gasteiger partial charge in [-0.2, -0.15) is 0 Å². The molecule has 2 aromatic carbocycles. The molecule has 2 saturated heterocycles. The number of fused-ring (bicyclic) bond motifs is 1. The number of aliphatic hydroxyl groups is 1. The molecule has 49 heavy (non-hydrogen) atoms. The van der Waals surface area contributed by atoms with E-state index < -0.39 is 11.9 Å². The van der Waals surface area contributed by atoms with Crippen LogP contribution in [-0.4, -0.2) is 85.2 Å². The van der Waals surface area contributed by atoms with Crippen molar-refractivity contribution in [1.82, 2.24) is 29.2 Å². The highest BCUT2D eigenvalue weighted by atomic mass is 35.5. The zero-order valence-electron chi connectivity index (χ0n) is 26.7. The molecule has 2 fully saturated rings. The van der Waals surface area contributed by atoms with Crippen LogP contribution in [0, 0.1) is 11.8 Å². The Kier molecular flexibility index (Phi) is 9.36. The van der Waals surface area contributed by atoms with Crippen LogP contribution < -0.4 is 10.3 Å². The molecule has 5 heterocycles. The summed E-state index contributed by atoms with van der Waals surface area (Å²) in [5.74, 6) is -0.505. The van der Waals surface area contributed by atoms with Crippen LogP contribution >= 0.6 is 23.2 Å². The number of hydrogen-bond donors (Lipinski definition) is 2. The van der Waals surface area contributed by atoms with Crippen molar-refractivity contribution >= 4 is 34.8 Å². The number of pyridine rings is 1. The van der Waals surface area contributed by atoms with Gasteiger partial charge in [0.1, 0.15) is 11.3 Å². The molecule has 0 saturated carbocycles. The van der Waals surface area contributed by atoms with Gasteiger partial charge >= 0.3 is 5.97 Å². The number of carbonyl (C=O) groups is 1. The number of benzene rings is 2. The Hall–Kier alpha value is -4.39. The summed E-state index contributed by atoms with van der Waals surface area (Å²) in [7, 11) is 1.57. The van der Waals surface area contributed by atoms with Gasteiger partial charge in [0.25, 0.3) is 5.56 Å². The third kappa shape index (κ3) is 6.52.